The van der Waals surface area contributed by atoms with Gasteiger partial charge in [0.15, 0.2) is 18.1 Å². The molecule has 3 amide bonds. The SMILES string of the molecule is COc1cc(CNC(=O)CN2CCCC2=O)ccc1OCC(N)=O. The lowest BCUT2D eigenvalue weighted by Crippen LogP contribution is -2.37. The van der Waals surface area contributed by atoms with Gasteiger partial charge in [-0.25, -0.2) is 0 Å². The summed E-state index contributed by atoms with van der Waals surface area (Å²) in [6.07, 6.45) is 1.31. The van der Waals surface area contributed by atoms with Crippen LogP contribution in [0.4, 0.5) is 0 Å². The van der Waals surface area contributed by atoms with Gasteiger partial charge in [-0.1, -0.05) is 6.07 Å². The molecule has 0 unspecified atom stereocenters. The third kappa shape index (κ3) is 4.87. The van der Waals surface area contributed by atoms with Gasteiger partial charge in [-0.3, -0.25) is 14.4 Å². The van der Waals surface area contributed by atoms with Crippen LogP contribution in [0.5, 0.6) is 11.5 Å². The van der Waals surface area contributed by atoms with Gasteiger partial charge in [-0.15, -0.1) is 0 Å². The molecular weight excluding hydrogens is 314 g/mol. The Balaban J connectivity index is 1.88. The molecular formula is C16H21N3O5. The standard InChI is InChI=1S/C16H21N3O5/c1-23-13-7-11(4-5-12(13)24-10-14(17)20)8-18-15(21)9-19-6-2-3-16(19)22/h4-5,7H,2-3,6,8-10H2,1H3,(H2,17,20)(H,18,21). The van der Waals surface area contributed by atoms with Gasteiger partial charge in [-0.2, -0.15) is 0 Å². The first-order valence-electron chi connectivity index (χ1n) is 7.62. The van der Waals surface area contributed by atoms with Crippen molar-refractivity contribution in [1.82, 2.24) is 10.2 Å². The molecule has 1 aromatic rings. The molecule has 2 rings (SSSR count). The lowest BCUT2D eigenvalue weighted by molar-refractivity contribution is -0.133. The molecule has 8 heteroatoms. The molecule has 1 aliphatic rings. The van der Waals surface area contributed by atoms with Gasteiger partial charge in [-0.05, 0) is 24.1 Å². The van der Waals surface area contributed by atoms with E-state index in [1.165, 1.54) is 7.11 Å². The molecule has 0 atom stereocenters. The molecule has 0 saturated carbocycles. The van der Waals surface area contributed by atoms with E-state index >= 15 is 0 Å². The van der Waals surface area contributed by atoms with Crippen LogP contribution in [0, 0.1) is 0 Å². The molecule has 1 aromatic carbocycles. The van der Waals surface area contributed by atoms with Crippen molar-refractivity contribution < 1.29 is 23.9 Å². The van der Waals surface area contributed by atoms with Crippen LogP contribution in [-0.4, -0.2) is 49.4 Å². The van der Waals surface area contributed by atoms with Crippen LogP contribution >= 0.6 is 0 Å². The minimum atomic E-state index is -0.579. The van der Waals surface area contributed by atoms with E-state index in [0.717, 1.165) is 12.0 Å². The first-order chi connectivity index (χ1) is 11.5. The number of nitrogens with zero attached hydrogens (tertiary/aromatic N) is 1. The van der Waals surface area contributed by atoms with Gasteiger partial charge in [0.2, 0.25) is 11.8 Å². The second-order valence-corrected chi connectivity index (χ2v) is 5.44. The van der Waals surface area contributed by atoms with E-state index in [-0.39, 0.29) is 25.0 Å². The average Bonchev–Trinajstić information content (AvgIpc) is 2.96. The van der Waals surface area contributed by atoms with E-state index in [1.807, 2.05) is 0 Å². The number of nitrogens with two attached hydrogens (primary N) is 1. The zero-order valence-corrected chi connectivity index (χ0v) is 13.5. The summed E-state index contributed by atoms with van der Waals surface area (Å²) in [5.74, 6) is 0.0673. The maximum Gasteiger partial charge on any atom is 0.255 e. The summed E-state index contributed by atoms with van der Waals surface area (Å²) in [5.41, 5.74) is 5.84. The molecule has 1 heterocycles. The molecule has 0 spiro atoms. The Kier molecular flexibility index (Phi) is 6.00. The van der Waals surface area contributed by atoms with E-state index < -0.39 is 5.91 Å². The summed E-state index contributed by atoms with van der Waals surface area (Å²) in [4.78, 5) is 35.7. The fourth-order valence-electron chi connectivity index (χ4n) is 2.39. The lowest BCUT2D eigenvalue weighted by atomic mass is 10.2. The molecule has 1 fully saturated rings. The first kappa shape index (κ1) is 17.6. The maximum atomic E-state index is 11.9. The van der Waals surface area contributed by atoms with Crippen molar-refractivity contribution in [3.63, 3.8) is 0 Å². The highest BCUT2D eigenvalue weighted by atomic mass is 16.5. The highest BCUT2D eigenvalue weighted by molar-refractivity contribution is 5.85. The first-order valence-corrected chi connectivity index (χ1v) is 7.62. The van der Waals surface area contributed by atoms with Crippen molar-refractivity contribution in [2.75, 3.05) is 26.8 Å². The van der Waals surface area contributed by atoms with Crippen LogP contribution in [0.3, 0.4) is 0 Å². The number of amides is 3. The van der Waals surface area contributed by atoms with Crippen molar-refractivity contribution in [3.8, 4) is 11.5 Å². The van der Waals surface area contributed by atoms with E-state index in [9.17, 15) is 14.4 Å². The fourth-order valence-corrected chi connectivity index (χ4v) is 2.39. The number of methoxy groups -OCH3 is 1. The third-order valence-corrected chi connectivity index (χ3v) is 3.59. The third-order valence-electron chi connectivity index (χ3n) is 3.59. The summed E-state index contributed by atoms with van der Waals surface area (Å²) in [6, 6.07) is 5.10. The summed E-state index contributed by atoms with van der Waals surface area (Å²) in [6.45, 7) is 0.769. The fraction of sp³-hybridized carbons (Fsp3) is 0.438. The Labute approximate surface area is 139 Å². The Hall–Kier alpha value is -2.77. The highest BCUT2D eigenvalue weighted by Crippen LogP contribution is 2.27. The van der Waals surface area contributed by atoms with E-state index in [4.69, 9.17) is 15.2 Å². The predicted molar refractivity (Wildman–Crippen MR) is 85.3 cm³/mol. The summed E-state index contributed by atoms with van der Waals surface area (Å²) >= 11 is 0. The number of hydrogen-bond donors (Lipinski definition) is 2. The van der Waals surface area contributed by atoms with Gasteiger partial charge in [0.05, 0.1) is 13.7 Å². The lowest BCUT2D eigenvalue weighted by Gasteiger charge is -2.15. The van der Waals surface area contributed by atoms with Gasteiger partial charge in [0.25, 0.3) is 5.91 Å². The van der Waals surface area contributed by atoms with Gasteiger partial charge in [0, 0.05) is 19.5 Å². The minimum Gasteiger partial charge on any atom is -0.493 e. The van der Waals surface area contributed by atoms with Crippen LogP contribution in [0.25, 0.3) is 0 Å². The Bertz CT molecular complexity index is 632. The number of benzene rings is 1. The minimum absolute atomic E-state index is 0.0165. The number of nitrogens with one attached hydrogen (secondary N) is 1. The summed E-state index contributed by atoms with van der Waals surface area (Å²) in [5, 5.41) is 2.76. The molecule has 1 saturated heterocycles. The van der Waals surface area contributed by atoms with E-state index in [2.05, 4.69) is 5.32 Å². The van der Waals surface area contributed by atoms with Crippen molar-refractivity contribution in [2.24, 2.45) is 5.73 Å². The monoisotopic (exact) mass is 335 g/mol. The van der Waals surface area contributed by atoms with Crippen molar-refractivity contribution in [2.45, 2.75) is 19.4 Å². The molecule has 0 bridgehead atoms. The number of ether oxygens (including phenoxy) is 2. The van der Waals surface area contributed by atoms with Gasteiger partial charge in [0.1, 0.15) is 0 Å². The average molecular weight is 335 g/mol. The molecule has 130 valence electrons. The van der Waals surface area contributed by atoms with E-state index in [1.54, 1.807) is 23.1 Å². The second kappa shape index (κ2) is 8.19. The Morgan fingerprint density at radius 2 is 2.12 bits per heavy atom. The number of primary amides is 1. The number of carbonyl (C=O) groups excluding carboxylic acids is 3. The molecule has 1 aliphatic heterocycles. The molecule has 0 aromatic heterocycles. The molecule has 8 nitrogen and oxygen atoms in total. The summed E-state index contributed by atoms with van der Waals surface area (Å²) < 4.78 is 10.4. The normalized spacial score (nSPS) is 13.7. The van der Waals surface area contributed by atoms with Gasteiger partial charge < -0.3 is 25.4 Å². The largest absolute Gasteiger partial charge is 0.493 e. The Morgan fingerprint density at radius 1 is 1.33 bits per heavy atom. The maximum absolute atomic E-state index is 11.9. The number of hydrogen-bond acceptors (Lipinski definition) is 5. The molecule has 0 radical (unpaired) electrons. The van der Waals surface area contributed by atoms with Crippen molar-refractivity contribution in [1.29, 1.82) is 0 Å². The molecule has 3 N–H and O–H groups in total. The van der Waals surface area contributed by atoms with Crippen molar-refractivity contribution in [3.05, 3.63) is 23.8 Å². The summed E-state index contributed by atoms with van der Waals surface area (Å²) in [7, 11) is 1.48. The van der Waals surface area contributed by atoms with Crippen LogP contribution in [0.2, 0.25) is 0 Å². The number of likely N-dealkylation sites (tertiary alicyclic amines) is 1. The number of rotatable bonds is 8. The van der Waals surface area contributed by atoms with Crippen LogP contribution in [0.1, 0.15) is 18.4 Å². The zero-order chi connectivity index (χ0) is 17.5. The van der Waals surface area contributed by atoms with Crippen LogP contribution in [-0.2, 0) is 20.9 Å². The highest BCUT2D eigenvalue weighted by Gasteiger charge is 2.22. The van der Waals surface area contributed by atoms with Crippen molar-refractivity contribution >= 4 is 17.7 Å². The predicted octanol–water partition coefficient (Wildman–Crippen LogP) is -0.202. The molecule has 24 heavy (non-hydrogen) atoms. The van der Waals surface area contributed by atoms with E-state index in [0.29, 0.717) is 31.0 Å². The quantitative estimate of drug-likeness (QED) is 0.683. The zero-order valence-electron chi connectivity index (χ0n) is 13.5. The topological polar surface area (TPSA) is 111 Å². The second-order valence-electron chi connectivity index (χ2n) is 5.44. The number of carbonyl (C=O) groups is 3. The van der Waals surface area contributed by atoms with Crippen LogP contribution in [0.15, 0.2) is 18.2 Å². The Morgan fingerprint density at radius 3 is 2.75 bits per heavy atom. The molecule has 0 aliphatic carbocycles. The smallest absolute Gasteiger partial charge is 0.255 e. The van der Waals surface area contributed by atoms with Gasteiger partial charge >= 0.3 is 0 Å². The van der Waals surface area contributed by atoms with Crippen LogP contribution < -0.4 is 20.5 Å².